The first-order chi connectivity index (χ1) is 12.0. The highest BCUT2D eigenvalue weighted by Crippen LogP contribution is 2.25. The lowest BCUT2D eigenvalue weighted by atomic mass is 10.1. The van der Waals surface area contributed by atoms with Crippen molar-refractivity contribution in [1.29, 1.82) is 0 Å². The summed E-state index contributed by atoms with van der Waals surface area (Å²) in [6, 6.07) is 12.9. The predicted molar refractivity (Wildman–Crippen MR) is 92.7 cm³/mol. The quantitative estimate of drug-likeness (QED) is 0.562. The summed E-state index contributed by atoms with van der Waals surface area (Å²) in [4.78, 5) is 33.7. The summed E-state index contributed by atoms with van der Waals surface area (Å²) in [6.07, 6.45) is 0.0958. The molecule has 2 amide bonds. The zero-order valence-corrected chi connectivity index (χ0v) is 14.5. The van der Waals surface area contributed by atoms with Crippen LogP contribution in [0.5, 0.6) is 5.75 Å². The summed E-state index contributed by atoms with van der Waals surface area (Å²) in [5, 5.41) is 10.8. The first-order valence-electron chi connectivity index (χ1n) is 7.14. The average molecular weight is 408 g/mol. The van der Waals surface area contributed by atoms with E-state index in [1.54, 1.807) is 18.2 Å². The summed E-state index contributed by atoms with van der Waals surface area (Å²) < 4.78 is 6.01. The van der Waals surface area contributed by atoms with Gasteiger partial charge in [-0.1, -0.05) is 40.2 Å². The zero-order chi connectivity index (χ0) is 18.2. The van der Waals surface area contributed by atoms with Crippen molar-refractivity contribution in [2.24, 2.45) is 0 Å². The third kappa shape index (κ3) is 5.88. The van der Waals surface area contributed by atoms with Crippen molar-refractivity contribution in [2.45, 2.75) is 6.42 Å². The number of hydrogen-bond acceptors (Lipinski definition) is 5. The number of nitro groups is 1. The number of nitrogens with one attached hydrogen (secondary N) is 2. The highest BCUT2D eigenvalue weighted by atomic mass is 79.9. The second-order valence-electron chi connectivity index (χ2n) is 4.91. The highest BCUT2D eigenvalue weighted by molar-refractivity contribution is 9.10. The number of halogens is 1. The van der Waals surface area contributed by atoms with Gasteiger partial charge in [-0.2, -0.15) is 0 Å². The molecule has 8 nitrogen and oxygen atoms in total. The van der Waals surface area contributed by atoms with E-state index in [1.165, 1.54) is 18.2 Å². The van der Waals surface area contributed by atoms with Crippen LogP contribution in [0.25, 0.3) is 0 Å². The number of carbonyl (C=O) groups excluding carboxylic acids is 2. The fourth-order valence-corrected chi connectivity index (χ4v) is 2.15. The molecule has 2 aromatic rings. The van der Waals surface area contributed by atoms with Crippen LogP contribution in [0.3, 0.4) is 0 Å². The van der Waals surface area contributed by atoms with Gasteiger partial charge in [0, 0.05) is 10.5 Å². The van der Waals surface area contributed by atoms with Crippen LogP contribution in [0.4, 0.5) is 5.69 Å². The molecular formula is C16H14BrN3O5. The van der Waals surface area contributed by atoms with Gasteiger partial charge in [0.1, 0.15) is 0 Å². The molecule has 130 valence electrons. The molecule has 0 heterocycles. The molecule has 0 aliphatic rings. The molecule has 0 saturated heterocycles. The van der Waals surface area contributed by atoms with Crippen molar-refractivity contribution < 1.29 is 19.2 Å². The minimum atomic E-state index is -0.637. The van der Waals surface area contributed by atoms with Gasteiger partial charge >= 0.3 is 5.69 Å². The molecule has 0 fully saturated rings. The van der Waals surface area contributed by atoms with E-state index < -0.39 is 23.3 Å². The molecule has 2 N–H and O–H groups in total. The van der Waals surface area contributed by atoms with Crippen molar-refractivity contribution in [3.8, 4) is 5.75 Å². The Morgan fingerprint density at radius 2 is 1.68 bits per heavy atom. The largest absolute Gasteiger partial charge is 0.477 e. The van der Waals surface area contributed by atoms with Gasteiger partial charge in [0.25, 0.3) is 5.91 Å². The van der Waals surface area contributed by atoms with Gasteiger partial charge in [-0.3, -0.25) is 30.6 Å². The Hall–Kier alpha value is -2.94. The molecule has 0 aromatic heterocycles. The van der Waals surface area contributed by atoms with Crippen LogP contribution in [0.15, 0.2) is 53.0 Å². The summed E-state index contributed by atoms with van der Waals surface area (Å²) in [6.45, 7) is -0.469. The Morgan fingerprint density at radius 1 is 1.04 bits per heavy atom. The molecular weight excluding hydrogens is 394 g/mol. The van der Waals surface area contributed by atoms with Gasteiger partial charge < -0.3 is 4.74 Å². The number of hydrazine groups is 1. The normalized spacial score (nSPS) is 9.96. The van der Waals surface area contributed by atoms with E-state index in [0.717, 1.165) is 10.0 Å². The van der Waals surface area contributed by atoms with E-state index in [9.17, 15) is 19.7 Å². The lowest BCUT2D eigenvalue weighted by Crippen LogP contribution is -2.44. The van der Waals surface area contributed by atoms with E-state index in [0.29, 0.717) is 0 Å². The first-order valence-corrected chi connectivity index (χ1v) is 7.93. The van der Waals surface area contributed by atoms with Crippen LogP contribution in [-0.4, -0.2) is 23.3 Å². The van der Waals surface area contributed by atoms with Crippen molar-refractivity contribution in [1.82, 2.24) is 10.9 Å². The number of nitrogens with zero attached hydrogens (tertiary/aromatic N) is 1. The second kappa shape index (κ2) is 8.78. The number of carbonyl (C=O) groups is 2. The third-order valence-electron chi connectivity index (χ3n) is 3.04. The Balaban J connectivity index is 1.78. The molecule has 0 unspecified atom stereocenters. The molecule has 0 radical (unpaired) electrons. The van der Waals surface area contributed by atoms with Crippen LogP contribution in [-0.2, 0) is 16.0 Å². The van der Waals surface area contributed by atoms with E-state index in [4.69, 9.17) is 4.74 Å². The molecule has 0 atom stereocenters. The zero-order valence-electron chi connectivity index (χ0n) is 12.9. The fraction of sp³-hybridized carbons (Fsp3) is 0.125. The minimum absolute atomic E-state index is 0.0242. The van der Waals surface area contributed by atoms with Crippen molar-refractivity contribution in [3.05, 3.63) is 68.7 Å². The van der Waals surface area contributed by atoms with Crippen LogP contribution in [0.1, 0.15) is 5.56 Å². The van der Waals surface area contributed by atoms with Gasteiger partial charge in [0.05, 0.1) is 11.3 Å². The molecule has 0 aliphatic carbocycles. The van der Waals surface area contributed by atoms with Crippen LogP contribution in [0, 0.1) is 10.1 Å². The highest BCUT2D eigenvalue weighted by Gasteiger charge is 2.15. The van der Waals surface area contributed by atoms with Gasteiger partial charge in [0.15, 0.2) is 12.4 Å². The van der Waals surface area contributed by atoms with Gasteiger partial charge in [-0.25, -0.2) is 0 Å². The first kappa shape index (κ1) is 18.4. The van der Waals surface area contributed by atoms with E-state index in [-0.39, 0.29) is 17.9 Å². The maximum absolute atomic E-state index is 11.8. The number of nitro benzene ring substituents is 1. The van der Waals surface area contributed by atoms with Gasteiger partial charge in [-0.05, 0) is 23.8 Å². The van der Waals surface area contributed by atoms with Crippen LogP contribution in [0.2, 0.25) is 0 Å². The molecule has 25 heavy (non-hydrogen) atoms. The molecule has 0 saturated carbocycles. The number of ether oxygens (including phenoxy) is 1. The molecule has 0 aliphatic heterocycles. The molecule has 0 bridgehead atoms. The monoisotopic (exact) mass is 407 g/mol. The number of rotatable bonds is 6. The SMILES string of the molecule is O=C(COc1ccccc1[N+](=O)[O-])NNC(=O)Cc1ccc(Br)cc1. The standard InChI is InChI=1S/C16H14BrN3O5/c17-12-7-5-11(6-8-12)9-15(21)18-19-16(22)10-25-14-4-2-1-3-13(14)20(23)24/h1-8H,9-10H2,(H,18,21)(H,19,22). The van der Waals surface area contributed by atoms with Gasteiger partial charge in [0.2, 0.25) is 5.91 Å². The van der Waals surface area contributed by atoms with E-state index in [2.05, 4.69) is 26.8 Å². The lowest BCUT2D eigenvalue weighted by Gasteiger charge is -2.09. The summed E-state index contributed by atoms with van der Waals surface area (Å²) in [7, 11) is 0. The summed E-state index contributed by atoms with van der Waals surface area (Å²) in [5.41, 5.74) is 4.99. The topological polar surface area (TPSA) is 111 Å². The number of para-hydroxylation sites is 2. The van der Waals surface area contributed by atoms with E-state index >= 15 is 0 Å². The number of hydrogen-bond donors (Lipinski definition) is 2. The number of benzene rings is 2. The fourth-order valence-electron chi connectivity index (χ4n) is 1.88. The molecule has 9 heteroatoms. The third-order valence-corrected chi connectivity index (χ3v) is 3.57. The van der Waals surface area contributed by atoms with Crippen LogP contribution < -0.4 is 15.6 Å². The minimum Gasteiger partial charge on any atom is -0.477 e. The molecule has 2 rings (SSSR count). The Morgan fingerprint density at radius 3 is 2.36 bits per heavy atom. The second-order valence-corrected chi connectivity index (χ2v) is 5.83. The maximum atomic E-state index is 11.8. The molecule has 0 spiro atoms. The lowest BCUT2D eigenvalue weighted by molar-refractivity contribution is -0.385. The number of amides is 2. The van der Waals surface area contributed by atoms with Crippen molar-refractivity contribution in [3.63, 3.8) is 0 Å². The van der Waals surface area contributed by atoms with Crippen molar-refractivity contribution in [2.75, 3.05) is 6.61 Å². The smallest absolute Gasteiger partial charge is 0.310 e. The summed E-state index contributed by atoms with van der Waals surface area (Å²) >= 11 is 3.30. The van der Waals surface area contributed by atoms with Crippen molar-refractivity contribution >= 4 is 33.4 Å². The Kier molecular flexibility index (Phi) is 6.47. The van der Waals surface area contributed by atoms with E-state index in [1.807, 2.05) is 12.1 Å². The molecule has 2 aromatic carbocycles. The summed E-state index contributed by atoms with van der Waals surface area (Å²) in [5.74, 6) is -1.06. The van der Waals surface area contributed by atoms with Gasteiger partial charge in [-0.15, -0.1) is 0 Å². The predicted octanol–water partition coefficient (Wildman–Crippen LogP) is 2.13. The van der Waals surface area contributed by atoms with Crippen LogP contribution >= 0.6 is 15.9 Å². The average Bonchev–Trinajstić information content (AvgIpc) is 2.60. The Labute approximate surface area is 151 Å². The Bertz CT molecular complexity index is 780. The maximum Gasteiger partial charge on any atom is 0.310 e.